The maximum atomic E-state index is 5.79. The lowest BCUT2D eigenvalue weighted by Crippen LogP contribution is -2.42. The molecule has 1 heterocycles. The molecule has 1 saturated heterocycles. The number of benzene rings is 1. The molecule has 0 radical (unpaired) electrons. The molecule has 0 amide bonds. The fourth-order valence-corrected chi connectivity index (χ4v) is 4.62. The number of hydrogen-bond donors (Lipinski definition) is 1. The monoisotopic (exact) mass is 286 g/mol. The molecule has 1 aliphatic carbocycles. The standard InChI is InChI=1S/C19H30N2/c1-2-4-16-5-3-10-19(15-16)11-13-21(14-12-19)18-8-6-17(20)7-9-18/h6-9,16H,2-5,10-15,20H2,1H3. The Bertz CT molecular complexity index is 441. The lowest BCUT2D eigenvalue weighted by molar-refractivity contribution is 0.0994. The zero-order chi connectivity index (χ0) is 14.7. The third-order valence-corrected chi connectivity index (χ3v) is 5.82. The molecule has 2 N–H and O–H groups in total. The fraction of sp³-hybridized carbons (Fsp3) is 0.684. The number of nitrogen functional groups attached to an aromatic ring is 1. The van der Waals surface area contributed by atoms with E-state index in [1.165, 1.54) is 70.1 Å². The molecule has 1 unspecified atom stereocenters. The second-order valence-electron chi connectivity index (χ2n) is 7.33. The second kappa shape index (κ2) is 6.29. The van der Waals surface area contributed by atoms with Gasteiger partial charge >= 0.3 is 0 Å². The minimum atomic E-state index is 0.669. The van der Waals surface area contributed by atoms with Gasteiger partial charge in [-0.25, -0.2) is 0 Å². The molecule has 1 spiro atoms. The van der Waals surface area contributed by atoms with Gasteiger partial charge in [0.2, 0.25) is 0 Å². The number of anilines is 2. The highest BCUT2D eigenvalue weighted by molar-refractivity contribution is 5.53. The molecule has 2 heteroatoms. The van der Waals surface area contributed by atoms with E-state index < -0.39 is 0 Å². The van der Waals surface area contributed by atoms with Crippen LogP contribution in [-0.4, -0.2) is 13.1 Å². The summed E-state index contributed by atoms with van der Waals surface area (Å²) in [6.07, 6.45) is 11.5. The van der Waals surface area contributed by atoms with Crippen LogP contribution in [0.5, 0.6) is 0 Å². The van der Waals surface area contributed by atoms with Gasteiger partial charge in [0.05, 0.1) is 0 Å². The largest absolute Gasteiger partial charge is 0.399 e. The molecule has 0 aromatic heterocycles. The van der Waals surface area contributed by atoms with Gasteiger partial charge in [-0.05, 0) is 61.3 Å². The predicted molar refractivity (Wildman–Crippen MR) is 91.6 cm³/mol. The van der Waals surface area contributed by atoms with E-state index in [1.807, 2.05) is 12.1 Å². The van der Waals surface area contributed by atoms with Gasteiger partial charge in [0.25, 0.3) is 0 Å². The van der Waals surface area contributed by atoms with Crippen LogP contribution in [0.2, 0.25) is 0 Å². The number of hydrogen-bond acceptors (Lipinski definition) is 2. The Morgan fingerprint density at radius 2 is 1.86 bits per heavy atom. The van der Waals surface area contributed by atoms with Gasteiger partial charge in [-0.2, -0.15) is 0 Å². The molecule has 0 bridgehead atoms. The van der Waals surface area contributed by atoms with E-state index in [0.717, 1.165) is 11.6 Å². The van der Waals surface area contributed by atoms with Crippen molar-refractivity contribution in [3.05, 3.63) is 24.3 Å². The lowest BCUT2D eigenvalue weighted by atomic mass is 9.64. The molecule has 1 aromatic carbocycles. The van der Waals surface area contributed by atoms with Crippen molar-refractivity contribution in [1.82, 2.24) is 0 Å². The van der Waals surface area contributed by atoms with Crippen molar-refractivity contribution in [2.75, 3.05) is 23.7 Å². The molecule has 116 valence electrons. The number of nitrogens with two attached hydrogens (primary N) is 1. The van der Waals surface area contributed by atoms with E-state index in [0.29, 0.717) is 5.41 Å². The highest BCUT2D eigenvalue weighted by Gasteiger charge is 2.38. The fourth-order valence-electron chi connectivity index (χ4n) is 4.62. The van der Waals surface area contributed by atoms with Crippen molar-refractivity contribution >= 4 is 11.4 Å². The summed E-state index contributed by atoms with van der Waals surface area (Å²) in [5.74, 6) is 1.01. The Labute approximate surface area is 129 Å². The third-order valence-electron chi connectivity index (χ3n) is 5.82. The van der Waals surface area contributed by atoms with Crippen LogP contribution in [0.15, 0.2) is 24.3 Å². The smallest absolute Gasteiger partial charge is 0.0367 e. The van der Waals surface area contributed by atoms with Gasteiger partial charge < -0.3 is 10.6 Å². The van der Waals surface area contributed by atoms with Crippen molar-refractivity contribution in [2.24, 2.45) is 11.3 Å². The van der Waals surface area contributed by atoms with E-state index in [9.17, 15) is 0 Å². The SMILES string of the molecule is CCCC1CCCC2(CCN(c3ccc(N)cc3)CC2)C1. The molecular formula is C19H30N2. The summed E-state index contributed by atoms with van der Waals surface area (Å²) < 4.78 is 0. The molecule has 1 aliphatic heterocycles. The zero-order valence-corrected chi connectivity index (χ0v) is 13.5. The molecule has 21 heavy (non-hydrogen) atoms. The number of piperidine rings is 1. The van der Waals surface area contributed by atoms with Gasteiger partial charge in [0.15, 0.2) is 0 Å². The molecule has 1 aromatic rings. The maximum Gasteiger partial charge on any atom is 0.0367 e. The highest BCUT2D eigenvalue weighted by Crippen LogP contribution is 2.48. The molecule has 2 nitrogen and oxygen atoms in total. The zero-order valence-electron chi connectivity index (χ0n) is 13.5. The minimum Gasteiger partial charge on any atom is -0.399 e. The van der Waals surface area contributed by atoms with E-state index in [4.69, 9.17) is 5.73 Å². The average Bonchev–Trinajstić information content (AvgIpc) is 2.50. The van der Waals surface area contributed by atoms with Gasteiger partial charge in [-0.15, -0.1) is 0 Å². The summed E-state index contributed by atoms with van der Waals surface area (Å²) in [5, 5.41) is 0. The van der Waals surface area contributed by atoms with Gasteiger partial charge in [-0.1, -0.05) is 32.6 Å². The second-order valence-corrected chi connectivity index (χ2v) is 7.33. The highest BCUT2D eigenvalue weighted by atomic mass is 15.1. The first-order valence-electron chi connectivity index (χ1n) is 8.81. The molecule has 1 saturated carbocycles. The molecule has 2 fully saturated rings. The van der Waals surface area contributed by atoms with Crippen molar-refractivity contribution in [3.63, 3.8) is 0 Å². The Morgan fingerprint density at radius 1 is 1.14 bits per heavy atom. The third kappa shape index (κ3) is 3.36. The first-order valence-corrected chi connectivity index (χ1v) is 8.81. The van der Waals surface area contributed by atoms with Crippen LogP contribution in [0, 0.1) is 11.3 Å². The molecule has 1 atom stereocenters. The van der Waals surface area contributed by atoms with Crippen molar-refractivity contribution in [3.8, 4) is 0 Å². The van der Waals surface area contributed by atoms with E-state index >= 15 is 0 Å². The van der Waals surface area contributed by atoms with Crippen molar-refractivity contribution < 1.29 is 0 Å². The van der Waals surface area contributed by atoms with Gasteiger partial charge in [0.1, 0.15) is 0 Å². The van der Waals surface area contributed by atoms with Crippen LogP contribution in [0.4, 0.5) is 11.4 Å². The number of rotatable bonds is 3. The topological polar surface area (TPSA) is 29.3 Å². The summed E-state index contributed by atoms with van der Waals surface area (Å²) >= 11 is 0. The Hall–Kier alpha value is -1.18. The van der Waals surface area contributed by atoms with E-state index in [2.05, 4.69) is 24.0 Å². The lowest BCUT2D eigenvalue weighted by Gasteiger charge is -2.47. The Balaban J connectivity index is 1.60. The Morgan fingerprint density at radius 3 is 2.52 bits per heavy atom. The quantitative estimate of drug-likeness (QED) is 0.805. The van der Waals surface area contributed by atoms with Crippen LogP contribution in [-0.2, 0) is 0 Å². The first kappa shape index (κ1) is 14.7. The van der Waals surface area contributed by atoms with Crippen LogP contribution >= 0.6 is 0 Å². The summed E-state index contributed by atoms with van der Waals surface area (Å²) in [7, 11) is 0. The van der Waals surface area contributed by atoms with Crippen LogP contribution in [0.25, 0.3) is 0 Å². The van der Waals surface area contributed by atoms with Crippen LogP contribution in [0.1, 0.15) is 58.3 Å². The molecule has 2 aliphatic rings. The van der Waals surface area contributed by atoms with Crippen molar-refractivity contribution in [1.29, 1.82) is 0 Å². The summed E-state index contributed by atoms with van der Waals surface area (Å²) in [6.45, 7) is 4.79. The van der Waals surface area contributed by atoms with E-state index in [1.54, 1.807) is 0 Å². The molecule has 3 rings (SSSR count). The van der Waals surface area contributed by atoms with E-state index in [-0.39, 0.29) is 0 Å². The van der Waals surface area contributed by atoms with Crippen LogP contribution in [0.3, 0.4) is 0 Å². The average molecular weight is 286 g/mol. The molecular weight excluding hydrogens is 256 g/mol. The predicted octanol–water partition coefficient (Wildman–Crippen LogP) is 4.85. The summed E-state index contributed by atoms with van der Waals surface area (Å²) in [5.41, 5.74) is 8.67. The summed E-state index contributed by atoms with van der Waals surface area (Å²) in [4.78, 5) is 2.55. The minimum absolute atomic E-state index is 0.669. The van der Waals surface area contributed by atoms with Crippen LogP contribution < -0.4 is 10.6 Å². The van der Waals surface area contributed by atoms with Gasteiger partial charge in [-0.3, -0.25) is 0 Å². The Kier molecular flexibility index (Phi) is 4.42. The van der Waals surface area contributed by atoms with Crippen molar-refractivity contribution in [2.45, 2.75) is 58.3 Å². The van der Waals surface area contributed by atoms with Gasteiger partial charge in [0, 0.05) is 24.5 Å². The number of nitrogens with zero attached hydrogens (tertiary/aromatic N) is 1. The summed E-state index contributed by atoms with van der Waals surface area (Å²) in [6, 6.07) is 8.40. The first-order chi connectivity index (χ1) is 10.2. The normalized spacial score (nSPS) is 25.2. The maximum absolute atomic E-state index is 5.79.